The van der Waals surface area contributed by atoms with E-state index in [2.05, 4.69) is 10.2 Å². The van der Waals surface area contributed by atoms with Crippen molar-refractivity contribution in [1.82, 2.24) is 10.2 Å². The lowest BCUT2D eigenvalue weighted by Gasteiger charge is -2.20. The van der Waals surface area contributed by atoms with Crippen LogP contribution in [-0.4, -0.2) is 48.1 Å². The first kappa shape index (κ1) is 13.0. The summed E-state index contributed by atoms with van der Waals surface area (Å²) < 4.78 is 0. The topological polar surface area (TPSA) is 69.6 Å². The number of hydrogen-bond acceptors (Lipinski definition) is 3. The van der Waals surface area contributed by atoms with E-state index in [1.165, 1.54) is 12.8 Å². The molecule has 0 atom stereocenters. The lowest BCUT2D eigenvalue weighted by atomic mass is 10.2. The largest absolute Gasteiger partial charge is 0.481 e. The zero-order chi connectivity index (χ0) is 12.0. The fraction of sp³-hybridized carbons (Fsp3) is 0.818. The highest BCUT2D eigenvalue weighted by Crippen LogP contribution is 2.27. The van der Waals surface area contributed by atoms with Gasteiger partial charge in [0.2, 0.25) is 5.91 Å². The summed E-state index contributed by atoms with van der Waals surface area (Å²) in [6, 6.07) is 0.559. The normalized spacial score (nSPS) is 15.1. The molecular formula is C11H20N2O3. The van der Waals surface area contributed by atoms with Gasteiger partial charge < -0.3 is 10.4 Å². The highest BCUT2D eigenvalue weighted by molar-refractivity contribution is 5.75. The van der Waals surface area contributed by atoms with Gasteiger partial charge in [0, 0.05) is 26.1 Å². The molecule has 0 heterocycles. The summed E-state index contributed by atoms with van der Waals surface area (Å²) in [6.07, 6.45) is 3.85. The SMILES string of the molecule is CNC(=O)CCCN(CCC(=O)O)C1CC1. The van der Waals surface area contributed by atoms with Crippen LogP contribution < -0.4 is 5.32 Å². The summed E-state index contributed by atoms with van der Waals surface area (Å²) in [4.78, 5) is 23.7. The summed E-state index contributed by atoms with van der Waals surface area (Å²) in [7, 11) is 1.63. The van der Waals surface area contributed by atoms with E-state index < -0.39 is 5.97 Å². The first-order valence-electron chi connectivity index (χ1n) is 5.80. The second-order valence-corrected chi connectivity index (χ2v) is 4.19. The number of carboxylic acids is 1. The maximum Gasteiger partial charge on any atom is 0.304 e. The molecule has 1 rings (SSSR count). The number of carbonyl (C=O) groups is 2. The molecule has 0 aromatic carbocycles. The molecule has 1 amide bonds. The number of aliphatic carboxylic acids is 1. The van der Waals surface area contributed by atoms with Gasteiger partial charge in [-0.3, -0.25) is 14.5 Å². The van der Waals surface area contributed by atoms with Gasteiger partial charge >= 0.3 is 5.97 Å². The Morgan fingerprint density at radius 1 is 1.31 bits per heavy atom. The van der Waals surface area contributed by atoms with Crippen molar-refractivity contribution in [3.05, 3.63) is 0 Å². The Balaban J connectivity index is 2.17. The average molecular weight is 228 g/mol. The molecule has 0 saturated heterocycles. The number of nitrogens with one attached hydrogen (secondary N) is 1. The molecule has 0 radical (unpaired) electrons. The Morgan fingerprint density at radius 2 is 2.00 bits per heavy atom. The van der Waals surface area contributed by atoms with Crippen molar-refractivity contribution in [3.63, 3.8) is 0 Å². The van der Waals surface area contributed by atoms with Gasteiger partial charge in [0.25, 0.3) is 0 Å². The maximum atomic E-state index is 11.0. The van der Waals surface area contributed by atoms with Gasteiger partial charge in [-0.05, 0) is 25.8 Å². The predicted molar refractivity (Wildman–Crippen MR) is 60.1 cm³/mol. The van der Waals surface area contributed by atoms with Gasteiger partial charge in [-0.25, -0.2) is 0 Å². The Hall–Kier alpha value is -1.10. The van der Waals surface area contributed by atoms with Crippen molar-refractivity contribution in [3.8, 4) is 0 Å². The summed E-state index contributed by atoms with van der Waals surface area (Å²) in [6.45, 7) is 1.43. The molecule has 1 fully saturated rings. The maximum absolute atomic E-state index is 11.0. The van der Waals surface area contributed by atoms with E-state index in [0.717, 1.165) is 13.0 Å². The van der Waals surface area contributed by atoms with E-state index in [1.807, 2.05) is 0 Å². The van der Waals surface area contributed by atoms with Crippen LogP contribution in [0.3, 0.4) is 0 Å². The minimum absolute atomic E-state index is 0.0500. The molecule has 0 aromatic rings. The van der Waals surface area contributed by atoms with E-state index in [1.54, 1.807) is 7.05 Å². The Labute approximate surface area is 95.8 Å². The van der Waals surface area contributed by atoms with Crippen molar-refractivity contribution in [1.29, 1.82) is 0 Å². The Kier molecular flexibility index (Phi) is 5.25. The first-order chi connectivity index (χ1) is 7.63. The van der Waals surface area contributed by atoms with Crippen LogP contribution >= 0.6 is 0 Å². The molecule has 0 aliphatic heterocycles. The smallest absolute Gasteiger partial charge is 0.304 e. The van der Waals surface area contributed by atoms with Crippen LogP contribution in [0.2, 0.25) is 0 Å². The molecule has 0 aromatic heterocycles. The van der Waals surface area contributed by atoms with Crippen molar-refractivity contribution in [2.75, 3.05) is 20.1 Å². The molecule has 1 aliphatic carbocycles. The molecule has 1 saturated carbocycles. The van der Waals surface area contributed by atoms with Crippen LogP contribution in [0.1, 0.15) is 32.1 Å². The number of carbonyl (C=O) groups excluding carboxylic acids is 1. The highest BCUT2D eigenvalue weighted by atomic mass is 16.4. The predicted octanol–water partition coefficient (Wildman–Crippen LogP) is 0.452. The molecular weight excluding hydrogens is 208 g/mol. The third-order valence-corrected chi connectivity index (χ3v) is 2.80. The second-order valence-electron chi connectivity index (χ2n) is 4.19. The van der Waals surface area contributed by atoms with E-state index >= 15 is 0 Å². The van der Waals surface area contributed by atoms with Crippen molar-refractivity contribution >= 4 is 11.9 Å². The Morgan fingerprint density at radius 3 is 2.50 bits per heavy atom. The fourth-order valence-electron chi connectivity index (χ4n) is 1.72. The van der Waals surface area contributed by atoms with Gasteiger partial charge in [-0.1, -0.05) is 0 Å². The third kappa shape index (κ3) is 5.11. The summed E-state index contributed by atoms with van der Waals surface area (Å²) in [5.74, 6) is -0.703. The monoisotopic (exact) mass is 228 g/mol. The van der Waals surface area contributed by atoms with E-state index in [4.69, 9.17) is 5.11 Å². The average Bonchev–Trinajstić information content (AvgIpc) is 3.06. The van der Waals surface area contributed by atoms with Gasteiger partial charge in [0.1, 0.15) is 0 Å². The first-order valence-corrected chi connectivity index (χ1v) is 5.80. The number of carboxylic acid groups (broad SMARTS) is 1. The van der Waals surface area contributed by atoms with Crippen LogP contribution in [0.5, 0.6) is 0 Å². The molecule has 1 aliphatic rings. The van der Waals surface area contributed by atoms with Crippen LogP contribution in [0.25, 0.3) is 0 Å². The fourth-order valence-corrected chi connectivity index (χ4v) is 1.72. The van der Waals surface area contributed by atoms with Crippen molar-refractivity contribution in [2.45, 2.75) is 38.1 Å². The molecule has 0 bridgehead atoms. The van der Waals surface area contributed by atoms with Crippen molar-refractivity contribution < 1.29 is 14.7 Å². The molecule has 0 spiro atoms. The van der Waals surface area contributed by atoms with Crippen LogP contribution in [0.4, 0.5) is 0 Å². The van der Waals surface area contributed by atoms with Crippen LogP contribution in [-0.2, 0) is 9.59 Å². The molecule has 5 heteroatoms. The molecule has 2 N–H and O–H groups in total. The van der Waals surface area contributed by atoms with Gasteiger partial charge in [-0.2, -0.15) is 0 Å². The number of amides is 1. The highest BCUT2D eigenvalue weighted by Gasteiger charge is 2.28. The van der Waals surface area contributed by atoms with Gasteiger partial charge in [0.05, 0.1) is 6.42 Å². The number of rotatable bonds is 8. The zero-order valence-corrected chi connectivity index (χ0v) is 9.74. The van der Waals surface area contributed by atoms with Crippen LogP contribution in [0.15, 0.2) is 0 Å². The quantitative estimate of drug-likeness (QED) is 0.633. The van der Waals surface area contributed by atoms with E-state index in [-0.39, 0.29) is 12.3 Å². The third-order valence-electron chi connectivity index (χ3n) is 2.80. The molecule has 92 valence electrons. The van der Waals surface area contributed by atoms with Gasteiger partial charge in [0.15, 0.2) is 0 Å². The number of hydrogen-bond donors (Lipinski definition) is 2. The van der Waals surface area contributed by atoms with Gasteiger partial charge in [-0.15, -0.1) is 0 Å². The minimum atomic E-state index is -0.753. The molecule has 0 unspecified atom stereocenters. The van der Waals surface area contributed by atoms with E-state index in [9.17, 15) is 9.59 Å². The summed E-state index contributed by atoms with van der Waals surface area (Å²) >= 11 is 0. The number of nitrogens with zero attached hydrogens (tertiary/aromatic N) is 1. The molecule has 16 heavy (non-hydrogen) atoms. The summed E-state index contributed by atoms with van der Waals surface area (Å²) in [5, 5.41) is 11.2. The van der Waals surface area contributed by atoms with Crippen molar-refractivity contribution in [2.24, 2.45) is 0 Å². The second kappa shape index (κ2) is 6.48. The standard InChI is InChI=1S/C11H20N2O3/c1-12-10(14)3-2-7-13(9-4-5-9)8-6-11(15)16/h9H,2-8H2,1H3,(H,12,14)(H,15,16). The lowest BCUT2D eigenvalue weighted by Crippen LogP contribution is -2.30. The van der Waals surface area contributed by atoms with Crippen LogP contribution in [0, 0.1) is 0 Å². The zero-order valence-electron chi connectivity index (χ0n) is 9.74. The lowest BCUT2D eigenvalue weighted by molar-refractivity contribution is -0.137. The summed E-state index contributed by atoms with van der Waals surface area (Å²) in [5.41, 5.74) is 0. The molecule has 5 nitrogen and oxygen atoms in total. The minimum Gasteiger partial charge on any atom is -0.481 e. The van der Waals surface area contributed by atoms with E-state index in [0.29, 0.717) is 19.0 Å². The Bertz CT molecular complexity index is 252.